The molecule has 6 rings (SSSR count). The van der Waals surface area contributed by atoms with Gasteiger partial charge in [-0.3, -0.25) is 0 Å². The molecule has 0 atom stereocenters. The third-order valence-electron chi connectivity index (χ3n) is 5.03. The summed E-state index contributed by atoms with van der Waals surface area (Å²) in [6, 6.07) is 13.3. The summed E-state index contributed by atoms with van der Waals surface area (Å²) in [4.78, 5) is 21.4. The number of hydrogen-bond acceptors (Lipinski definition) is 2. The average Bonchev–Trinajstić information content (AvgIpc) is 2.47. The van der Waals surface area contributed by atoms with Gasteiger partial charge in [-0.05, 0) is 84.5 Å². The third-order valence-corrected chi connectivity index (χ3v) is 8.60. The van der Waals surface area contributed by atoms with E-state index in [1.165, 1.54) is 32.6 Å². The highest BCUT2D eigenvalue weighted by molar-refractivity contribution is 6.84. The molecule has 0 saturated heterocycles. The molecule has 2 aromatic rings. The second-order valence-electron chi connectivity index (χ2n) is 8.10. The summed E-state index contributed by atoms with van der Waals surface area (Å²) in [6.07, 6.45) is 3.79. The van der Waals surface area contributed by atoms with Crippen molar-refractivity contribution in [1.29, 1.82) is 0 Å². The minimum Gasteiger partial charge on any atom is -0.428 e. The van der Waals surface area contributed by atoms with E-state index in [2.05, 4.69) is 36.4 Å². The van der Waals surface area contributed by atoms with Gasteiger partial charge in [0.05, 0.1) is 0 Å². The summed E-state index contributed by atoms with van der Waals surface area (Å²) in [5.74, 6) is 0. The number of benzene rings is 2. The summed E-state index contributed by atoms with van der Waals surface area (Å²) in [5, 5.41) is 2.37. The van der Waals surface area contributed by atoms with Crippen LogP contribution in [0.4, 0.5) is 0 Å². The molecule has 2 aromatic carbocycles. The van der Waals surface area contributed by atoms with E-state index in [-0.39, 0.29) is 0 Å². The van der Waals surface area contributed by atoms with Crippen LogP contribution in [-0.2, 0) is 25.7 Å². The lowest BCUT2D eigenvalue weighted by atomic mass is 9.96. The van der Waals surface area contributed by atoms with Crippen LogP contribution in [0, 0.1) is 0 Å². The fraction of sp³-hybridized carbons (Fsp3) is 0.400. The molecule has 0 unspecified atom stereocenters. The fourth-order valence-corrected chi connectivity index (χ4v) is 6.76. The summed E-state index contributed by atoms with van der Waals surface area (Å²) >= 11 is 0. The number of hydrogen-bond donors (Lipinski definition) is 2. The van der Waals surface area contributed by atoms with Crippen molar-refractivity contribution in [1.82, 2.24) is 0 Å². The summed E-state index contributed by atoms with van der Waals surface area (Å²) < 4.78 is 0. The van der Waals surface area contributed by atoms with Gasteiger partial charge in [-0.15, -0.1) is 0 Å². The van der Waals surface area contributed by atoms with Gasteiger partial charge in [-0.2, -0.15) is 0 Å². The van der Waals surface area contributed by atoms with Crippen molar-refractivity contribution in [2.75, 3.05) is 0 Å². The first kappa shape index (κ1) is 17.6. The molecule has 0 aromatic heterocycles. The van der Waals surface area contributed by atoms with Gasteiger partial charge in [-0.1, -0.05) is 36.4 Å². The lowest BCUT2D eigenvalue weighted by molar-refractivity contribution is 0.567. The van der Waals surface area contributed by atoms with Crippen molar-refractivity contribution in [3.05, 3.63) is 58.7 Å². The Hall–Kier alpha value is -1.21. The van der Waals surface area contributed by atoms with Gasteiger partial charge in [0.1, 0.15) is 0 Å². The Kier molecular flexibility index (Phi) is 4.59. The van der Waals surface area contributed by atoms with Crippen LogP contribution in [0.3, 0.4) is 0 Å². The Labute approximate surface area is 147 Å². The second kappa shape index (κ2) is 6.26. The highest BCUT2D eigenvalue weighted by atomic mass is 28.4. The summed E-state index contributed by atoms with van der Waals surface area (Å²) in [6.45, 7) is 8.03. The zero-order valence-electron chi connectivity index (χ0n) is 15.2. The smallest absolute Gasteiger partial charge is 0.214 e. The van der Waals surface area contributed by atoms with Gasteiger partial charge in [0.15, 0.2) is 0 Å². The van der Waals surface area contributed by atoms with Gasteiger partial charge >= 0.3 is 0 Å². The Morgan fingerprint density at radius 1 is 0.625 bits per heavy atom. The molecule has 4 aliphatic carbocycles. The van der Waals surface area contributed by atoms with Crippen molar-refractivity contribution in [2.24, 2.45) is 0 Å². The Morgan fingerprint density at radius 3 is 1.33 bits per heavy atom. The van der Waals surface area contributed by atoms with E-state index in [1.54, 1.807) is 0 Å². The molecule has 24 heavy (non-hydrogen) atoms. The number of rotatable bonds is 2. The van der Waals surface area contributed by atoms with E-state index < -0.39 is 16.6 Å². The third kappa shape index (κ3) is 3.72. The first-order valence-corrected chi connectivity index (χ1v) is 14.7. The van der Waals surface area contributed by atoms with Crippen LogP contribution in [0.15, 0.2) is 36.4 Å². The number of aryl methyl sites for hydroxylation is 4. The molecule has 128 valence electrons. The van der Waals surface area contributed by atoms with Crippen LogP contribution in [0.1, 0.15) is 22.3 Å². The molecule has 2 N–H and O–H groups in total. The summed E-state index contributed by atoms with van der Waals surface area (Å²) in [7, 11) is -4.66. The maximum Gasteiger partial charge on any atom is 0.214 e. The molecule has 4 heteroatoms. The predicted octanol–water partition coefficient (Wildman–Crippen LogP) is 2.38. The van der Waals surface area contributed by atoms with Crippen LogP contribution in [0.25, 0.3) is 0 Å². The summed E-state index contributed by atoms with van der Waals surface area (Å²) in [5.41, 5.74) is 5.14. The lowest BCUT2D eigenvalue weighted by Gasteiger charge is -2.24. The normalized spacial score (nSPS) is 15.2. The molecule has 0 fully saturated rings. The van der Waals surface area contributed by atoms with E-state index in [0.717, 1.165) is 25.7 Å². The highest BCUT2D eigenvalue weighted by Crippen LogP contribution is 2.17. The van der Waals surface area contributed by atoms with Crippen molar-refractivity contribution in [2.45, 2.75) is 51.9 Å². The van der Waals surface area contributed by atoms with Crippen LogP contribution >= 0.6 is 0 Å². The zero-order chi connectivity index (χ0) is 17.5. The van der Waals surface area contributed by atoms with E-state index in [9.17, 15) is 9.59 Å². The fourth-order valence-electron chi connectivity index (χ4n) is 3.69. The van der Waals surface area contributed by atoms with Gasteiger partial charge in [0.2, 0.25) is 16.6 Å². The molecule has 0 aliphatic heterocycles. The van der Waals surface area contributed by atoms with E-state index in [1.807, 2.05) is 26.2 Å². The van der Waals surface area contributed by atoms with Gasteiger partial charge in [0, 0.05) is 0 Å². The molecule has 4 aliphatic rings. The zero-order valence-corrected chi connectivity index (χ0v) is 17.2. The van der Waals surface area contributed by atoms with E-state index in [0.29, 0.717) is 0 Å². The molecule has 0 amide bonds. The van der Waals surface area contributed by atoms with Crippen molar-refractivity contribution < 1.29 is 9.59 Å². The minimum absolute atomic E-state index is 0.943. The molecule has 0 heterocycles. The molecular weight excluding hydrogens is 328 g/mol. The van der Waals surface area contributed by atoms with Gasteiger partial charge < -0.3 is 9.59 Å². The Bertz CT molecular complexity index is 690. The second-order valence-corrected chi connectivity index (χ2v) is 15.4. The molecule has 2 nitrogen and oxygen atoms in total. The van der Waals surface area contributed by atoms with Crippen molar-refractivity contribution in [3.8, 4) is 0 Å². The first-order chi connectivity index (χ1) is 11.1. The molecular formula is C20H28O2Si2. The van der Waals surface area contributed by atoms with Crippen LogP contribution in [0.2, 0.25) is 26.2 Å². The standard InChI is InChI=1S/C20H28O2Si2/c1-23(2,21)19-13-15-5-9-17(19)11-7-16-6-10-18(12-8-15)20(14-16)24(3,4)22/h5-6,9-10,13-14,21-22H,7-8,11-12H2,1-4H3. The quantitative estimate of drug-likeness (QED) is 0.811. The van der Waals surface area contributed by atoms with E-state index in [4.69, 9.17) is 0 Å². The van der Waals surface area contributed by atoms with Crippen LogP contribution in [-0.4, -0.2) is 26.2 Å². The van der Waals surface area contributed by atoms with Gasteiger partial charge in [-0.25, -0.2) is 0 Å². The van der Waals surface area contributed by atoms with Crippen LogP contribution < -0.4 is 10.4 Å². The maximum atomic E-state index is 10.7. The molecule has 0 saturated carbocycles. The monoisotopic (exact) mass is 356 g/mol. The first-order valence-electron chi connectivity index (χ1n) is 8.84. The van der Waals surface area contributed by atoms with E-state index >= 15 is 0 Å². The Morgan fingerprint density at radius 2 is 1.00 bits per heavy atom. The minimum atomic E-state index is -2.33. The maximum absolute atomic E-state index is 10.7. The van der Waals surface area contributed by atoms with Crippen molar-refractivity contribution in [3.63, 3.8) is 0 Å². The molecule has 4 bridgehead atoms. The molecule has 0 radical (unpaired) electrons. The topological polar surface area (TPSA) is 40.5 Å². The van der Waals surface area contributed by atoms with Gasteiger partial charge in [0.25, 0.3) is 0 Å². The SMILES string of the molecule is C[Si](C)(O)c1cc2ccc1CCc1ccc(c([Si](C)(C)O)c1)CC2. The van der Waals surface area contributed by atoms with Crippen molar-refractivity contribution >= 4 is 27.0 Å². The largest absolute Gasteiger partial charge is 0.428 e. The average molecular weight is 357 g/mol. The van der Waals surface area contributed by atoms with Crippen LogP contribution in [0.5, 0.6) is 0 Å². The molecule has 0 spiro atoms. The highest BCUT2D eigenvalue weighted by Gasteiger charge is 2.26. The Balaban J connectivity index is 2.07. The predicted molar refractivity (Wildman–Crippen MR) is 106 cm³/mol. The lowest BCUT2D eigenvalue weighted by Crippen LogP contribution is -2.45.